The van der Waals surface area contributed by atoms with E-state index < -0.39 is 9.84 Å². The Hall–Kier alpha value is -2.85. The maximum atomic E-state index is 12.4. The van der Waals surface area contributed by atoms with E-state index in [1.807, 2.05) is 18.2 Å². The summed E-state index contributed by atoms with van der Waals surface area (Å²) in [5.74, 6) is 0.344. The SMILES string of the molecule is CS(=O)(=O)c1ccc(NC(=O)N2CCC(c3cccc(C#N)c3)CC2)cc1. The molecule has 6 nitrogen and oxygen atoms in total. The number of carbonyl (C=O) groups excluding carboxylic acids is 1. The van der Waals surface area contributed by atoms with Crippen molar-refractivity contribution in [2.75, 3.05) is 24.7 Å². The van der Waals surface area contributed by atoms with Crippen molar-refractivity contribution in [1.82, 2.24) is 4.90 Å². The summed E-state index contributed by atoms with van der Waals surface area (Å²) in [7, 11) is -3.25. The highest BCUT2D eigenvalue weighted by atomic mass is 32.2. The van der Waals surface area contributed by atoms with Crippen LogP contribution < -0.4 is 5.32 Å². The summed E-state index contributed by atoms with van der Waals surface area (Å²) in [6.07, 6.45) is 2.84. The highest BCUT2D eigenvalue weighted by Crippen LogP contribution is 2.28. The summed E-state index contributed by atoms with van der Waals surface area (Å²) in [6.45, 7) is 1.27. The van der Waals surface area contributed by atoms with Crippen LogP contribution >= 0.6 is 0 Å². The first-order chi connectivity index (χ1) is 12.9. The van der Waals surface area contributed by atoms with Crippen LogP contribution in [0, 0.1) is 11.3 Å². The molecule has 0 unspecified atom stereocenters. The first-order valence-corrected chi connectivity index (χ1v) is 10.6. The topological polar surface area (TPSA) is 90.3 Å². The Kier molecular flexibility index (Phi) is 5.47. The van der Waals surface area contributed by atoms with Crippen molar-refractivity contribution in [1.29, 1.82) is 5.26 Å². The number of likely N-dealkylation sites (tertiary alicyclic amines) is 1. The molecule has 7 heteroatoms. The number of anilines is 1. The van der Waals surface area contributed by atoms with E-state index >= 15 is 0 Å². The molecule has 0 aliphatic carbocycles. The molecule has 140 valence electrons. The summed E-state index contributed by atoms with van der Waals surface area (Å²) >= 11 is 0. The van der Waals surface area contributed by atoms with Gasteiger partial charge in [-0.3, -0.25) is 0 Å². The van der Waals surface area contributed by atoms with E-state index in [2.05, 4.69) is 11.4 Å². The van der Waals surface area contributed by atoms with Crippen LogP contribution in [-0.2, 0) is 9.84 Å². The van der Waals surface area contributed by atoms with Crippen LogP contribution in [0.1, 0.15) is 29.9 Å². The summed E-state index contributed by atoms with van der Waals surface area (Å²) in [4.78, 5) is 14.4. The highest BCUT2D eigenvalue weighted by molar-refractivity contribution is 7.90. The number of nitrogens with one attached hydrogen (secondary N) is 1. The quantitative estimate of drug-likeness (QED) is 0.880. The summed E-state index contributed by atoms with van der Waals surface area (Å²) in [5.41, 5.74) is 2.37. The lowest BCUT2D eigenvalue weighted by Gasteiger charge is -2.32. The van der Waals surface area contributed by atoms with Crippen LogP contribution in [0.3, 0.4) is 0 Å². The van der Waals surface area contributed by atoms with Crippen molar-refractivity contribution in [3.05, 3.63) is 59.7 Å². The van der Waals surface area contributed by atoms with Gasteiger partial charge < -0.3 is 10.2 Å². The molecule has 3 rings (SSSR count). The molecule has 0 saturated carbocycles. The number of benzene rings is 2. The third kappa shape index (κ3) is 4.66. The smallest absolute Gasteiger partial charge is 0.321 e. The molecular formula is C20H21N3O3S. The lowest BCUT2D eigenvalue weighted by molar-refractivity contribution is 0.194. The third-order valence-electron chi connectivity index (χ3n) is 4.80. The van der Waals surface area contributed by atoms with Gasteiger partial charge in [0.05, 0.1) is 16.5 Å². The number of piperidine rings is 1. The molecule has 1 fully saturated rings. The van der Waals surface area contributed by atoms with Gasteiger partial charge in [-0.25, -0.2) is 13.2 Å². The molecule has 0 aromatic heterocycles. The van der Waals surface area contributed by atoms with E-state index in [1.54, 1.807) is 23.1 Å². The zero-order chi connectivity index (χ0) is 19.4. The van der Waals surface area contributed by atoms with Crippen molar-refractivity contribution in [2.24, 2.45) is 0 Å². The van der Waals surface area contributed by atoms with E-state index in [4.69, 9.17) is 5.26 Å². The fraction of sp³-hybridized carbons (Fsp3) is 0.300. The highest BCUT2D eigenvalue weighted by Gasteiger charge is 2.24. The van der Waals surface area contributed by atoms with Gasteiger partial charge in [0.25, 0.3) is 0 Å². The van der Waals surface area contributed by atoms with Gasteiger partial charge in [0, 0.05) is 25.0 Å². The predicted molar refractivity (Wildman–Crippen MR) is 103 cm³/mol. The van der Waals surface area contributed by atoms with Crippen LogP contribution in [0.25, 0.3) is 0 Å². The number of rotatable bonds is 3. The molecule has 2 aromatic carbocycles. The lowest BCUT2D eigenvalue weighted by atomic mass is 9.89. The number of nitriles is 1. The molecule has 1 saturated heterocycles. The summed E-state index contributed by atoms with van der Waals surface area (Å²) in [6, 6.07) is 15.8. The van der Waals surface area contributed by atoms with E-state index in [0.717, 1.165) is 24.7 Å². The van der Waals surface area contributed by atoms with Crippen LogP contribution in [0.5, 0.6) is 0 Å². The van der Waals surface area contributed by atoms with Crippen LogP contribution in [0.15, 0.2) is 53.4 Å². The van der Waals surface area contributed by atoms with Crippen molar-refractivity contribution in [3.63, 3.8) is 0 Å². The Morgan fingerprint density at radius 1 is 1.15 bits per heavy atom. The monoisotopic (exact) mass is 383 g/mol. The molecule has 1 N–H and O–H groups in total. The average Bonchev–Trinajstić information content (AvgIpc) is 2.68. The van der Waals surface area contributed by atoms with Crippen molar-refractivity contribution >= 4 is 21.6 Å². The van der Waals surface area contributed by atoms with E-state index in [9.17, 15) is 13.2 Å². The Bertz CT molecular complexity index is 970. The minimum atomic E-state index is -3.25. The van der Waals surface area contributed by atoms with Gasteiger partial charge in [-0.15, -0.1) is 0 Å². The largest absolute Gasteiger partial charge is 0.324 e. The van der Waals surface area contributed by atoms with Crippen molar-refractivity contribution < 1.29 is 13.2 Å². The maximum Gasteiger partial charge on any atom is 0.321 e. The van der Waals surface area contributed by atoms with Crippen molar-refractivity contribution in [2.45, 2.75) is 23.7 Å². The molecule has 0 bridgehead atoms. The normalized spacial score (nSPS) is 15.2. The zero-order valence-corrected chi connectivity index (χ0v) is 15.9. The molecule has 0 radical (unpaired) electrons. The number of nitrogens with zero attached hydrogens (tertiary/aromatic N) is 2. The third-order valence-corrected chi connectivity index (χ3v) is 5.93. The Labute approximate surface area is 159 Å². The van der Waals surface area contributed by atoms with Gasteiger partial charge >= 0.3 is 6.03 Å². The number of amides is 2. The van der Waals surface area contributed by atoms with Gasteiger partial charge in [0.1, 0.15) is 0 Å². The number of hydrogen-bond acceptors (Lipinski definition) is 4. The van der Waals surface area contributed by atoms with Crippen LogP contribution in [-0.4, -0.2) is 38.7 Å². The molecule has 1 aliphatic heterocycles. The predicted octanol–water partition coefficient (Wildman–Crippen LogP) is 3.37. The minimum Gasteiger partial charge on any atom is -0.324 e. The van der Waals surface area contributed by atoms with Crippen LogP contribution in [0.2, 0.25) is 0 Å². The average molecular weight is 383 g/mol. The zero-order valence-electron chi connectivity index (χ0n) is 15.1. The Morgan fingerprint density at radius 3 is 2.41 bits per heavy atom. The summed E-state index contributed by atoms with van der Waals surface area (Å²) in [5, 5.41) is 11.8. The molecule has 1 aliphatic rings. The molecule has 0 atom stereocenters. The van der Waals surface area contributed by atoms with Gasteiger partial charge in [0.2, 0.25) is 0 Å². The second-order valence-electron chi connectivity index (χ2n) is 6.73. The standard InChI is InChI=1S/C20H21N3O3S/c1-27(25,26)19-7-5-18(6-8-19)22-20(24)23-11-9-16(10-12-23)17-4-2-3-15(13-17)14-21/h2-8,13,16H,9-12H2,1H3,(H,22,24). The van der Waals surface area contributed by atoms with Gasteiger partial charge in [-0.1, -0.05) is 12.1 Å². The first-order valence-electron chi connectivity index (χ1n) is 8.73. The second-order valence-corrected chi connectivity index (χ2v) is 8.74. The van der Waals surface area contributed by atoms with E-state index in [-0.39, 0.29) is 10.9 Å². The minimum absolute atomic E-state index is 0.189. The molecule has 1 heterocycles. The van der Waals surface area contributed by atoms with E-state index in [0.29, 0.717) is 30.3 Å². The fourth-order valence-electron chi connectivity index (χ4n) is 3.27. The summed E-state index contributed by atoms with van der Waals surface area (Å²) < 4.78 is 23.0. The fourth-order valence-corrected chi connectivity index (χ4v) is 3.90. The van der Waals surface area contributed by atoms with Gasteiger partial charge in [-0.2, -0.15) is 5.26 Å². The number of sulfone groups is 1. The van der Waals surface area contributed by atoms with Crippen molar-refractivity contribution in [3.8, 4) is 6.07 Å². The number of urea groups is 1. The Morgan fingerprint density at radius 2 is 1.81 bits per heavy atom. The molecule has 0 spiro atoms. The number of carbonyl (C=O) groups is 1. The van der Waals surface area contributed by atoms with E-state index in [1.165, 1.54) is 12.1 Å². The van der Waals surface area contributed by atoms with Gasteiger partial charge in [-0.05, 0) is 60.7 Å². The first kappa shape index (κ1) is 18.9. The molecular weight excluding hydrogens is 362 g/mol. The van der Waals surface area contributed by atoms with Crippen LogP contribution in [0.4, 0.5) is 10.5 Å². The lowest BCUT2D eigenvalue weighted by Crippen LogP contribution is -2.40. The molecule has 2 amide bonds. The number of hydrogen-bond donors (Lipinski definition) is 1. The molecule has 2 aromatic rings. The Balaban J connectivity index is 1.57. The maximum absolute atomic E-state index is 12.4. The second kappa shape index (κ2) is 7.80. The molecule has 27 heavy (non-hydrogen) atoms. The van der Waals surface area contributed by atoms with Gasteiger partial charge in [0.15, 0.2) is 9.84 Å².